The summed E-state index contributed by atoms with van der Waals surface area (Å²) < 4.78 is 27.1. The van der Waals surface area contributed by atoms with E-state index < -0.39 is 10.0 Å². The van der Waals surface area contributed by atoms with Crippen LogP contribution in [0.4, 0.5) is 0 Å². The first-order chi connectivity index (χ1) is 9.47. The van der Waals surface area contributed by atoms with Gasteiger partial charge in [-0.1, -0.05) is 13.8 Å². The van der Waals surface area contributed by atoms with Crippen molar-refractivity contribution < 1.29 is 8.42 Å². The van der Waals surface area contributed by atoms with Gasteiger partial charge in [-0.15, -0.1) is 11.3 Å². The van der Waals surface area contributed by atoms with Crippen molar-refractivity contribution in [3.63, 3.8) is 0 Å². The third-order valence-electron chi connectivity index (χ3n) is 2.62. The van der Waals surface area contributed by atoms with Crippen molar-refractivity contribution in [2.45, 2.75) is 37.2 Å². The van der Waals surface area contributed by atoms with Crippen LogP contribution in [0.25, 0.3) is 0 Å². The summed E-state index contributed by atoms with van der Waals surface area (Å²) in [5, 5.41) is 5.12. The van der Waals surface area contributed by atoms with Crippen LogP contribution in [0, 0.1) is 0 Å². The van der Waals surface area contributed by atoms with Crippen LogP contribution in [0.5, 0.6) is 0 Å². The third kappa shape index (κ3) is 4.14. The van der Waals surface area contributed by atoms with Gasteiger partial charge in [0.1, 0.15) is 4.21 Å². The van der Waals surface area contributed by atoms with Crippen LogP contribution in [0.15, 0.2) is 28.2 Å². The van der Waals surface area contributed by atoms with Crippen LogP contribution in [-0.2, 0) is 23.1 Å². The lowest BCUT2D eigenvalue weighted by Gasteiger charge is -2.05. The zero-order valence-corrected chi connectivity index (χ0v) is 13.0. The molecule has 0 saturated carbocycles. The molecule has 0 spiro atoms. The molecule has 0 aliphatic carbocycles. The molecule has 110 valence electrons. The minimum absolute atomic E-state index is 0.208. The number of aromatic nitrogens is 2. The van der Waals surface area contributed by atoms with Crippen molar-refractivity contribution >= 4 is 21.4 Å². The summed E-state index contributed by atoms with van der Waals surface area (Å²) in [6, 6.07) is 2.07. The van der Waals surface area contributed by atoms with Gasteiger partial charge in [-0.2, -0.15) is 0 Å². The van der Waals surface area contributed by atoms with E-state index in [4.69, 9.17) is 0 Å². The number of rotatable bonds is 7. The number of imidazole rings is 1. The molecule has 0 radical (unpaired) electrons. The van der Waals surface area contributed by atoms with Crippen molar-refractivity contribution in [3.8, 4) is 0 Å². The SMILES string of the molecule is CC(C)NCc1csc(S(=O)(=O)NCc2cnc[nH]2)c1. The Hall–Kier alpha value is -1.22. The molecular formula is C12H18N4O2S2. The molecule has 0 fully saturated rings. The molecule has 2 aromatic heterocycles. The Bertz CT molecular complexity index is 632. The third-order valence-corrected chi connectivity index (χ3v) is 5.51. The van der Waals surface area contributed by atoms with Crippen molar-refractivity contribution in [2.24, 2.45) is 0 Å². The number of hydrogen-bond donors (Lipinski definition) is 3. The van der Waals surface area contributed by atoms with Crippen LogP contribution >= 0.6 is 11.3 Å². The Morgan fingerprint density at radius 2 is 2.20 bits per heavy atom. The molecule has 0 saturated heterocycles. The Morgan fingerprint density at radius 1 is 1.40 bits per heavy atom. The van der Waals surface area contributed by atoms with Crippen LogP contribution in [0.2, 0.25) is 0 Å². The Kier molecular flexibility index (Phi) is 4.92. The van der Waals surface area contributed by atoms with E-state index in [9.17, 15) is 8.42 Å². The number of H-pyrrole nitrogens is 1. The van der Waals surface area contributed by atoms with E-state index in [2.05, 4.69) is 33.9 Å². The molecule has 0 atom stereocenters. The highest BCUT2D eigenvalue weighted by Gasteiger charge is 2.16. The molecule has 6 nitrogen and oxygen atoms in total. The van der Waals surface area contributed by atoms with E-state index in [1.54, 1.807) is 12.3 Å². The predicted molar refractivity (Wildman–Crippen MR) is 78.9 cm³/mol. The highest BCUT2D eigenvalue weighted by atomic mass is 32.2. The topological polar surface area (TPSA) is 86.9 Å². The van der Waals surface area contributed by atoms with Gasteiger partial charge in [0, 0.05) is 24.5 Å². The van der Waals surface area contributed by atoms with E-state index in [0.717, 1.165) is 11.3 Å². The quantitative estimate of drug-likeness (QED) is 0.722. The van der Waals surface area contributed by atoms with Crippen molar-refractivity contribution in [2.75, 3.05) is 0 Å². The first-order valence-corrected chi connectivity index (χ1v) is 8.61. The van der Waals surface area contributed by atoms with Crippen molar-refractivity contribution in [3.05, 3.63) is 35.2 Å². The lowest BCUT2D eigenvalue weighted by atomic mass is 10.3. The summed E-state index contributed by atoms with van der Waals surface area (Å²) in [4.78, 5) is 6.70. The van der Waals surface area contributed by atoms with Crippen LogP contribution < -0.4 is 10.0 Å². The van der Waals surface area contributed by atoms with E-state index >= 15 is 0 Å². The Balaban J connectivity index is 1.98. The van der Waals surface area contributed by atoms with Gasteiger partial charge in [0.05, 0.1) is 12.9 Å². The van der Waals surface area contributed by atoms with Gasteiger partial charge < -0.3 is 10.3 Å². The van der Waals surface area contributed by atoms with E-state index in [1.807, 2.05) is 5.38 Å². The summed E-state index contributed by atoms with van der Waals surface area (Å²) in [5.74, 6) is 0. The monoisotopic (exact) mass is 314 g/mol. The fourth-order valence-corrected chi connectivity index (χ4v) is 3.79. The highest BCUT2D eigenvalue weighted by molar-refractivity contribution is 7.91. The van der Waals surface area contributed by atoms with Crippen molar-refractivity contribution in [1.29, 1.82) is 0 Å². The molecule has 20 heavy (non-hydrogen) atoms. The molecule has 0 aromatic carbocycles. The number of sulfonamides is 1. The number of nitrogens with one attached hydrogen (secondary N) is 3. The van der Waals surface area contributed by atoms with Gasteiger partial charge in [-0.3, -0.25) is 0 Å². The summed E-state index contributed by atoms with van der Waals surface area (Å²) in [6.07, 6.45) is 3.11. The molecule has 2 heterocycles. The highest BCUT2D eigenvalue weighted by Crippen LogP contribution is 2.20. The smallest absolute Gasteiger partial charge is 0.250 e. The van der Waals surface area contributed by atoms with Gasteiger partial charge in [-0.05, 0) is 17.0 Å². The largest absolute Gasteiger partial charge is 0.347 e. The van der Waals surface area contributed by atoms with E-state index in [0.29, 0.717) is 16.8 Å². The summed E-state index contributed by atoms with van der Waals surface area (Å²) in [5.41, 5.74) is 1.71. The summed E-state index contributed by atoms with van der Waals surface area (Å²) in [7, 11) is -3.46. The van der Waals surface area contributed by atoms with Gasteiger partial charge in [0.15, 0.2) is 0 Å². The predicted octanol–water partition coefficient (Wildman–Crippen LogP) is 1.45. The maximum Gasteiger partial charge on any atom is 0.250 e. The second-order valence-corrected chi connectivity index (χ2v) is 7.62. The van der Waals surface area contributed by atoms with Gasteiger partial charge >= 0.3 is 0 Å². The fraction of sp³-hybridized carbons (Fsp3) is 0.417. The lowest BCUT2D eigenvalue weighted by molar-refractivity contribution is 0.581. The molecule has 2 rings (SSSR count). The molecular weight excluding hydrogens is 296 g/mol. The molecule has 8 heteroatoms. The second kappa shape index (κ2) is 6.49. The average Bonchev–Trinajstić information content (AvgIpc) is 3.05. The summed E-state index contributed by atoms with van der Waals surface area (Å²) in [6.45, 7) is 4.98. The number of nitrogens with zero attached hydrogens (tertiary/aromatic N) is 1. The fourth-order valence-electron chi connectivity index (χ4n) is 1.53. The number of thiophene rings is 1. The van der Waals surface area contributed by atoms with E-state index in [1.165, 1.54) is 17.7 Å². The Morgan fingerprint density at radius 3 is 2.85 bits per heavy atom. The minimum atomic E-state index is -3.46. The lowest BCUT2D eigenvalue weighted by Crippen LogP contribution is -2.23. The molecule has 0 unspecified atom stereocenters. The first-order valence-electron chi connectivity index (χ1n) is 6.25. The number of aromatic amines is 1. The molecule has 0 bridgehead atoms. The second-order valence-electron chi connectivity index (χ2n) is 4.71. The number of hydrogen-bond acceptors (Lipinski definition) is 5. The average molecular weight is 314 g/mol. The minimum Gasteiger partial charge on any atom is -0.347 e. The van der Waals surface area contributed by atoms with Crippen LogP contribution in [0.3, 0.4) is 0 Å². The molecule has 3 N–H and O–H groups in total. The normalized spacial score (nSPS) is 12.2. The zero-order valence-electron chi connectivity index (χ0n) is 11.4. The maximum absolute atomic E-state index is 12.1. The van der Waals surface area contributed by atoms with E-state index in [-0.39, 0.29) is 6.54 Å². The van der Waals surface area contributed by atoms with Crippen LogP contribution in [-0.4, -0.2) is 24.4 Å². The molecule has 2 aromatic rings. The molecule has 0 aliphatic rings. The molecule has 0 aliphatic heterocycles. The van der Waals surface area contributed by atoms with Gasteiger partial charge in [0.2, 0.25) is 10.0 Å². The maximum atomic E-state index is 12.1. The van der Waals surface area contributed by atoms with Crippen molar-refractivity contribution in [1.82, 2.24) is 20.0 Å². The standard InChI is InChI=1S/C12H18N4O2S2/c1-9(2)14-4-10-3-12(19-7-10)20(17,18)16-6-11-5-13-8-15-11/h3,5,7-9,14,16H,4,6H2,1-2H3,(H,13,15). The van der Waals surface area contributed by atoms with Crippen LogP contribution in [0.1, 0.15) is 25.1 Å². The van der Waals surface area contributed by atoms with Gasteiger partial charge in [0.25, 0.3) is 0 Å². The first kappa shape index (κ1) is 15.2. The Labute approximate surface area is 122 Å². The van der Waals surface area contributed by atoms with Gasteiger partial charge in [-0.25, -0.2) is 18.1 Å². The summed E-state index contributed by atoms with van der Waals surface area (Å²) >= 11 is 1.23. The zero-order chi connectivity index (χ0) is 14.6. The molecule has 0 amide bonds.